The Hall–Kier alpha value is -1.94. The van der Waals surface area contributed by atoms with Crippen LogP contribution in [-0.2, 0) is 13.6 Å². The van der Waals surface area contributed by atoms with Gasteiger partial charge in [-0.05, 0) is 30.3 Å². The number of carboxylic acids is 1. The van der Waals surface area contributed by atoms with Crippen LogP contribution in [0.5, 0.6) is 0 Å². The summed E-state index contributed by atoms with van der Waals surface area (Å²) in [5, 5.41) is 12.3. The third kappa shape index (κ3) is 2.65. The molecule has 4 nitrogen and oxygen atoms in total. The number of anilines is 1. The third-order valence-corrected chi connectivity index (χ3v) is 3.04. The molecule has 0 aliphatic rings. The highest BCUT2D eigenvalue weighted by molar-refractivity contribution is 6.33. The number of carboxylic acid groups (broad SMARTS) is 1. The highest BCUT2D eigenvalue weighted by Gasteiger charge is 2.08. The number of benzene rings is 1. The highest BCUT2D eigenvalue weighted by Crippen LogP contribution is 2.21. The number of nitrogens with zero attached hydrogens (tertiary/aromatic N) is 1. The first-order chi connectivity index (χ1) is 8.58. The van der Waals surface area contributed by atoms with Gasteiger partial charge in [-0.1, -0.05) is 11.6 Å². The fourth-order valence-electron chi connectivity index (χ4n) is 1.67. The number of hydrogen-bond donors (Lipinski definition) is 2. The molecule has 0 spiro atoms. The van der Waals surface area contributed by atoms with Crippen LogP contribution in [0.25, 0.3) is 0 Å². The van der Waals surface area contributed by atoms with Gasteiger partial charge in [0.2, 0.25) is 0 Å². The monoisotopic (exact) mass is 264 g/mol. The van der Waals surface area contributed by atoms with E-state index in [1.165, 1.54) is 6.07 Å². The van der Waals surface area contributed by atoms with Crippen molar-refractivity contribution in [3.8, 4) is 0 Å². The zero-order chi connectivity index (χ0) is 13.1. The van der Waals surface area contributed by atoms with Crippen LogP contribution >= 0.6 is 11.6 Å². The Morgan fingerprint density at radius 3 is 2.78 bits per heavy atom. The summed E-state index contributed by atoms with van der Waals surface area (Å²) in [6.07, 6.45) is 1.97. The van der Waals surface area contributed by atoms with Crippen molar-refractivity contribution in [3.05, 3.63) is 52.8 Å². The van der Waals surface area contributed by atoms with Gasteiger partial charge < -0.3 is 15.0 Å². The summed E-state index contributed by atoms with van der Waals surface area (Å²) in [5.41, 5.74) is 2.04. The fourth-order valence-corrected chi connectivity index (χ4v) is 1.93. The number of hydrogen-bond acceptors (Lipinski definition) is 2. The van der Waals surface area contributed by atoms with Crippen LogP contribution in [-0.4, -0.2) is 15.6 Å². The Kier molecular flexibility index (Phi) is 3.58. The minimum atomic E-state index is -1.02. The smallest absolute Gasteiger partial charge is 0.337 e. The Bertz CT molecular complexity index is 578. The van der Waals surface area contributed by atoms with Gasteiger partial charge in [0, 0.05) is 24.6 Å². The van der Waals surface area contributed by atoms with Crippen molar-refractivity contribution in [1.82, 2.24) is 4.57 Å². The Balaban J connectivity index is 2.09. The molecule has 2 N–H and O–H groups in total. The summed E-state index contributed by atoms with van der Waals surface area (Å²) in [4.78, 5) is 10.8. The number of rotatable bonds is 4. The van der Waals surface area contributed by atoms with Gasteiger partial charge in [0.15, 0.2) is 0 Å². The van der Waals surface area contributed by atoms with Gasteiger partial charge >= 0.3 is 5.97 Å². The maximum Gasteiger partial charge on any atom is 0.337 e. The standard InChI is InChI=1S/C13H13ClN2O2/c1-16-6-2-3-10(16)8-15-9-4-5-11(13(17)18)12(14)7-9/h2-7,15H,8H2,1H3,(H,17,18). The molecule has 2 rings (SSSR count). The topological polar surface area (TPSA) is 54.3 Å². The summed E-state index contributed by atoms with van der Waals surface area (Å²) in [6, 6.07) is 8.81. The van der Waals surface area contributed by atoms with Gasteiger partial charge in [0.1, 0.15) is 0 Å². The molecule has 0 bridgehead atoms. The Labute approximate surface area is 110 Å². The number of aromatic carboxylic acids is 1. The highest BCUT2D eigenvalue weighted by atomic mass is 35.5. The van der Waals surface area contributed by atoms with Crippen molar-refractivity contribution in [2.45, 2.75) is 6.54 Å². The summed E-state index contributed by atoms with van der Waals surface area (Å²) in [7, 11) is 1.97. The number of aromatic nitrogens is 1. The van der Waals surface area contributed by atoms with Crippen molar-refractivity contribution in [2.75, 3.05) is 5.32 Å². The first-order valence-corrected chi connectivity index (χ1v) is 5.82. The van der Waals surface area contributed by atoms with Crippen LogP contribution in [0.15, 0.2) is 36.5 Å². The zero-order valence-electron chi connectivity index (χ0n) is 9.85. The van der Waals surface area contributed by atoms with E-state index in [-0.39, 0.29) is 10.6 Å². The van der Waals surface area contributed by atoms with E-state index in [0.717, 1.165) is 11.4 Å². The molecule has 1 aromatic carbocycles. The van der Waals surface area contributed by atoms with E-state index in [1.54, 1.807) is 12.1 Å². The van der Waals surface area contributed by atoms with Crippen molar-refractivity contribution in [3.63, 3.8) is 0 Å². The Morgan fingerprint density at radius 1 is 1.44 bits per heavy atom. The van der Waals surface area contributed by atoms with Crippen LogP contribution in [0.2, 0.25) is 5.02 Å². The molecule has 2 aromatic rings. The van der Waals surface area contributed by atoms with Crippen molar-refractivity contribution < 1.29 is 9.90 Å². The molecule has 0 aliphatic carbocycles. The summed E-state index contributed by atoms with van der Waals surface area (Å²) >= 11 is 5.89. The molecular weight excluding hydrogens is 252 g/mol. The van der Waals surface area contributed by atoms with Crippen molar-refractivity contribution >= 4 is 23.3 Å². The van der Waals surface area contributed by atoms with Crippen LogP contribution in [0.1, 0.15) is 16.1 Å². The van der Waals surface area contributed by atoms with Crippen LogP contribution in [0, 0.1) is 0 Å². The molecule has 0 unspecified atom stereocenters. The maximum atomic E-state index is 10.8. The number of halogens is 1. The second-order valence-electron chi connectivity index (χ2n) is 3.96. The molecule has 18 heavy (non-hydrogen) atoms. The predicted octanol–water partition coefficient (Wildman–Crippen LogP) is 2.99. The summed E-state index contributed by atoms with van der Waals surface area (Å²) < 4.78 is 2.01. The molecule has 0 amide bonds. The van der Waals surface area contributed by atoms with E-state index in [1.807, 2.05) is 29.9 Å². The molecule has 0 aliphatic heterocycles. The van der Waals surface area contributed by atoms with E-state index in [9.17, 15) is 4.79 Å². The van der Waals surface area contributed by atoms with Gasteiger partial charge in [0.05, 0.1) is 17.1 Å². The van der Waals surface area contributed by atoms with Crippen LogP contribution < -0.4 is 5.32 Å². The minimum Gasteiger partial charge on any atom is -0.478 e. The number of nitrogens with one attached hydrogen (secondary N) is 1. The van der Waals surface area contributed by atoms with E-state index in [2.05, 4.69) is 5.32 Å². The van der Waals surface area contributed by atoms with Gasteiger partial charge in [0.25, 0.3) is 0 Å². The second-order valence-corrected chi connectivity index (χ2v) is 4.37. The number of aryl methyl sites for hydroxylation is 1. The molecule has 0 atom stereocenters. The molecule has 5 heteroatoms. The molecule has 0 radical (unpaired) electrons. The van der Waals surface area contributed by atoms with Gasteiger partial charge in [-0.15, -0.1) is 0 Å². The molecule has 0 saturated carbocycles. The minimum absolute atomic E-state index is 0.112. The molecular formula is C13H13ClN2O2. The van der Waals surface area contributed by atoms with E-state index >= 15 is 0 Å². The quantitative estimate of drug-likeness (QED) is 0.893. The normalized spacial score (nSPS) is 10.3. The van der Waals surface area contributed by atoms with Crippen LogP contribution in [0.3, 0.4) is 0 Å². The fraction of sp³-hybridized carbons (Fsp3) is 0.154. The van der Waals surface area contributed by atoms with E-state index in [0.29, 0.717) is 6.54 Å². The molecule has 0 saturated heterocycles. The maximum absolute atomic E-state index is 10.8. The lowest BCUT2D eigenvalue weighted by atomic mass is 10.2. The van der Waals surface area contributed by atoms with Crippen molar-refractivity contribution in [1.29, 1.82) is 0 Å². The van der Waals surface area contributed by atoms with Gasteiger partial charge in [-0.2, -0.15) is 0 Å². The SMILES string of the molecule is Cn1cccc1CNc1ccc(C(=O)O)c(Cl)c1. The van der Waals surface area contributed by atoms with E-state index < -0.39 is 5.97 Å². The average molecular weight is 265 g/mol. The second kappa shape index (κ2) is 5.14. The lowest BCUT2D eigenvalue weighted by molar-refractivity contribution is 0.0697. The lowest BCUT2D eigenvalue weighted by Crippen LogP contribution is -2.04. The molecule has 94 valence electrons. The zero-order valence-corrected chi connectivity index (χ0v) is 10.6. The lowest BCUT2D eigenvalue weighted by Gasteiger charge is -2.08. The average Bonchev–Trinajstić information content (AvgIpc) is 2.72. The largest absolute Gasteiger partial charge is 0.478 e. The summed E-state index contributed by atoms with van der Waals surface area (Å²) in [6.45, 7) is 0.659. The predicted molar refractivity (Wildman–Crippen MR) is 71.2 cm³/mol. The molecule has 0 fully saturated rings. The summed E-state index contributed by atoms with van der Waals surface area (Å²) in [5.74, 6) is -1.02. The number of carbonyl (C=O) groups is 1. The molecule has 1 heterocycles. The van der Waals surface area contributed by atoms with Crippen LogP contribution in [0.4, 0.5) is 5.69 Å². The first-order valence-electron chi connectivity index (χ1n) is 5.45. The molecule has 1 aromatic heterocycles. The van der Waals surface area contributed by atoms with Gasteiger partial charge in [-0.25, -0.2) is 4.79 Å². The first kappa shape index (κ1) is 12.5. The van der Waals surface area contributed by atoms with Crippen molar-refractivity contribution in [2.24, 2.45) is 7.05 Å². The van der Waals surface area contributed by atoms with E-state index in [4.69, 9.17) is 16.7 Å². The van der Waals surface area contributed by atoms with Gasteiger partial charge in [-0.3, -0.25) is 0 Å². The third-order valence-electron chi connectivity index (χ3n) is 2.72. The Morgan fingerprint density at radius 2 is 2.22 bits per heavy atom.